The summed E-state index contributed by atoms with van der Waals surface area (Å²) in [6, 6.07) is 0.355. The van der Waals surface area contributed by atoms with Gasteiger partial charge in [-0.05, 0) is 19.3 Å². The van der Waals surface area contributed by atoms with Crippen LogP contribution in [-0.2, 0) is 21.4 Å². The Kier molecular flexibility index (Phi) is 3.60. The molecule has 124 valence electrons. The Morgan fingerprint density at radius 3 is 2.91 bits per heavy atom. The monoisotopic (exact) mass is 318 g/mol. The highest BCUT2D eigenvalue weighted by molar-refractivity contribution is 5.84. The Bertz CT molecular complexity index is 625. The molecule has 7 nitrogen and oxygen atoms in total. The van der Waals surface area contributed by atoms with E-state index in [0.29, 0.717) is 32.0 Å². The van der Waals surface area contributed by atoms with E-state index in [1.807, 2.05) is 18.1 Å². The Labute approximate surface area is 135 Å². The van der Waals surface area contributed by atoms with Gasteiger partial charge in [0, 0.05) is 44.4 Å². The summed E-state index contributed by atoms with van der Waals surface area (Å²) in [6.07, 6.45) is 6.75. The van der Waals surface area contributed by atoms with Crippen molar-refractivity contribution in [1.82, 2.24) is 20.0 Å². The Hall–Kier alpha value is -1.89. The summed E-state index contributed by atoms with van der Waals surface area (Å²) in [5.74, 6) is -0.0413. The van der Waals surface area contributed by atoms with Gasteiger partial charge in [0.05, 0.1) is 24.3 Å². The number of nitrogens with one attached hydrogen (secondary N) is 1. The number of aryl methyl sites for hydroxylation is 1. The molecule has 2 aliphatic heterocycles. The first kappa shape index (κ1) is 14.7. The van der Waals surface area contributed by atoms with Crippen LogP contribution in [0, 0.1) is 5.92 Å². The molecule has 1 aromatic heterocycles. The smallest absolute Gasteiger partial charge is 0.226 e. The third-order valence-corrected chi connectivity index (χ3v) is 4.97. The molecule has 4 rings (SSSR count). The van der Waals surface area contributed by atoms with Gasteiger partial charge in [-0.15, -0.1) is 0 Å². The first-order valence-electron chi connectivity index (χ1n) is 8.32. The molecule has 0 radical (unpaired) electrons. The average molecular weight is 318 g/mol. The predicted molar refractivity (Wildman–Crippen MR) is 81.3 cm³/mol. The maximum atomic E-state index is 12.6. The third-order valence-electron chi connectivity index (χ3n) is 4.97. The number of aromatic nitrogens is 2. The summed E-state index contributed by atoms with van der Waals surface area (Å²) in [7, 11) is 1.85. The van der Waals surface area contributed by atoms with Gasteiger partial charge < -0.3 is 15.0 Å². The Morgan fingerprint density at radius 1 is 1.39 bits per heavy atom. The highest BCUT2D eigenvalue weighted by atomic mass is 16.5. The molecule has 2 saturated heterocycles. The largest absolute Gasteiger partial charge is 0.373 e. The van der Waals surface area contributed by atoms with E-state index in [-0.39, 0.29) is 29.9 Å². The number of ether oxygens (including phenoxy) is 1. The molecular formula is C16H22N4O3. The molecule has 3 aliphatic rings. The summed E-state index contributed by atoms with van der Waals surface area (Å²) in [4.78, 5) is 26.6. The lowest BCUT2D eigenvalue weighted by Gasteiger charge is -2.20. The maximum Gasteiger partial charge on any atom is 0.226 e. The number of hydrogen-bond acceptors (Lipinski definition) is 4. The zero-order valence-electron chi connectivity index (χ0n) is 13.3. The predicted octanol–water partition coefficient (Wildman–Crippen LogP) is 0.377. The van der Waals surface area contributed by atoms with Gasteiger partial charge in [-0.25, -0.2) is 0 Å². The summed E-state index contributed by atoms with van der Waals surface area (Å²) < 4.78 is 7.47. The lowest BCUT2D eigenvalue weighted by atomic mass is 9.96. The zero-order valence-corrected chi connectivity index (χ0v) is 13.3. The number of hydrogen-bond donors (Lipinski definition) is 1. The molecule has 3 heterocycles. The molecule has 2 amide bonds. The molecule has 1 unspecified atom stereocenters. The lowest BCUT2D eigenvalue weighted by molar-refractivity contribution is -0.128. The van der Waals surface area contributed by atoms with Crippen molar-refractivity contribution in [3.8, 4) is 0 Å². The van der Waals surface area contributed by atoms with Gasteiger partial charge in [0.1, 0.15) is 0 Å². The average Bonchev–Trinajstić information content (AvgIpc) is 2.93. The van der Waals surface area contributed by atoms with Crippen LogP contribution in [0.25, 0.3) is 0 Å². The minimum atomic E-state index is -0.236. The molecule has 23 heavy (non-hydrogen) atoms. The molecule has 3 fully saturated rings. The highest BCUT2D eigenvalue weighted by Crippen LogP contribution is 2.35. The molecule has 7 heteroatoms. The van der Waals surface area contributed by atoms with E-state index < -0.39 is 0 Å². The van der Waals surface area contributed by atoms with Crippen LogP contribution in [0.15, 0.2) is 12.4 Å². The minimum absolute atomic E-state index is 0.00759. The van der Waals surface area contributed by atoms with Crippen LogP contribution in [0.4, 0.5) is 0 Å². The third kappa shape index (κ3) is 2.85. The van der Waals surface area contributed by atoms with E-state index in [4.69, 9.17) is 4.74 Å². The fraction of sp³-hybridized carbons (Fsp3) is 0.688. The van der Waals surface area contributed by atoms with E-state index in [1.165, 1.54) is 0 Å². The molecule has 1 N–H and O–H groups in total. The normalized spacial score (nSPS) is 30.9. The number of carbonyl (C=O) groups is 2. The van der Waals surface area contributed by atoms with Crippen LogP contribution < -0.4 is 5.32 Å². The summed E-state index contributed by atoms with van der Waals surface area (Å²) >= 11 is 0. The van der Waals surface area contributed by atoms with Gasteiger partial charge >= 0.3 is 0 Å². The van der Waals surface area contributed by atoms with E-state index >= 15 is 0 Å². The van der Waals surface area contributed by atoms with E-state index in [9.17, 15) is 9.59 Å². The van der Waals surface area contributed by atoms with Crippen LogP contribution >= 0.6 is 0 Å². The standard InChI is InChI=1S/C16H22N4O3/c1-19-8-10(7-17-19)15-13(4-5-23-15)16(22)18-11-6-14(21)20(9-11)12-2-3-12/h7-8,11-13,15H,2-6,9H2,1H3,(H,18,22)/t11?,13-,15+/m0/s1. The van der Waals surface area contributed by atoms with Crippen molar-refractivity contribution in [2.45, 2.75) is 43.9 Å². The van der Waals surface area contributed by atoms with Gasteiger partial charge in [0.15, 0.2) is 0 Å². The van der Waals surface area contributed by atoms with E-state index in [1.54, 1.807) is 10.9 Å². The van der Waals surface area contributed by atoms with Crippen molar-refractivity contribution in [2.75, 3.05) is 13.2 Å². The fourth-order valence-corrected chi connectivity index (χ4v) is 3.65. The van der Waals surface area contributed by atoms with Crippen molar-refractivity contribution in [3.05, 3.63) is 18.0 Å². The summed E-state index contributed by atoms with van der Waals surface area (Å²) in [5, 5.41) is 7.22. The second-order valence-electron chi connectivity index (χ2n) is 6.82. The molecule has 0 bridgehead atoms. The molecule has 1 aliphatic carbocycles. The van der Waals surface area contributed by atoms with Gasteiger partial charge in [0.2, 0.25) is 11.8 Å². The second kappa shape index (κ2) is 5.63. The molecule has 1 aromatic rings. The number of nitrogens with zero attached hydrogens (tertiary/aromatic N) is 3. The Balaban J connectivity index is 1.39. The number of amides is 2. The summed E-state index contributed by atoms with van der Waals surface area (Å²) in [6.45, 7) is 1.23. The van der Waals surface area contributed by atoms with Crippen LogP contribution in [0.2, 0.25) is 0 Å². The molecule has 3 atom stereocenters. The first-order valence-corrected chi connectivity index (χ1v) is 8.32. The van der Waals surface area contributed by atoms with Crippen molar-refractivity contribution in [1.29, 1.82) is 0 Å². The minimum Gasteiger partial charge on any atom is -0.373 e. The maximum absolute atomic E-state index is 12.6. The fourth-order valence-electron chi connectivity index (χ4n) is 3.65. The molecule has 1 saturated carbocycles. The second-order valence-corrected chi connectivity index (χ2v) is 6.82. The first-order chi connectivity index (χ1) is 11.1. The zero-order chi connectivity index (χ0) is 16.0. The van der Waals surface area contributed by atoms with Crippen LogP contribution in [0.3, 0.4) is 0 Å². The lowest BCUT2D eigenvalue weighted by Crippen LogP contribution is -2.41. The van der Waals surface area contributed by atoms with Gasteiger partial charge in [-0.3, -0.25) is 14.3 Å². The van der Waals surface area contributed by atoms with E-state index in [0.717, 1.165) is 18.4 Å². The molecular weight excluding hydrogens is 296 g/mol. The topological polar surface area (TPSA) is 76.5 Å². The van der Waals surface area contributed by atoms with Gasteiger partial charge in [-0.1, -0.05) is 0 Å². The van der Waals surface area contributed by atoms with Crippen molar-refractivity contribution in [3.63, 3.8) is 0 Å². The number of likely N-dealkylation sites (tertiary alicyclic amines) is 1. The highest BCUT2D eigenvalue weighted by Gasteiger charge is 2.42. The number of carbonyl (C=O) groups excluding carboxylic acids is 2. The van der Waals surface area contributed by atoms with Crippen LogP contribution in [0.5, 0.6) is 0 Å². The number of rotatable bonds is 4. The van der Waals surface area contributed by atoms with E-state index in [2.05, 4.69) is 10.4 Å². The van der Waals surface area contributed by atoms with Crippen LogP contribution in [0.1, 0.15) is 37.4 Å². The van der Waals surface area contributed by atoms with Crippen molar-refractivity contribution < 1.29 is 14.3 Å². The Morgan fingerprint density at radius 2 is 2.22 bits per heavy atom. The van der Waals surface area contributed by atoms with Crippen LogP contribution in [-0.4, -0.2) is 51.7 Å². The van der Waals surface area contributed by atoms with Crippen molar-refractivity contribution in [2.24, 2.45) is 13.0 Å². The molecule has 0 aromatic carbocycles. The molecule has 0 spiro atoms. The van der Waals surface area contributed by atoms with Gasteiger partial charge in [-0.2, -0.15) is 5.10 Å². The summed E-state index contributed by atoms with van der Waals surface area (Å²) in [5.41, 5.74) is 0.937. The quantitative estimate of drug-likeness (QED) is 0.870. The SMILES string of the molecule is Cn1cc([C@H]2OCC[C@@H]2C(=O)NC2CC(=O)N(C3CC3)C2)cn1. The van der Waals surface area contributed by atoms with Crippen molar-refractivity contribution >= 4 is 11.8 Å². The van der Waals surface area contributed by atoms with Gasteiger partial charge in [0.25, 0.3) is 0 Å².